The second-order valence-electron chi connectivity index (χ2n) is 3.34. The summed E-state index contributed by atoms with van der Waals surface area (Å²) in [5, 5.41) is 3.90. The molecule has 2 N–H and O–H groups in total. The molecule has 0 spiro atoms. The Morgan fingerprint density at radius 2 is 2.23 bits per heavy atom. The highest BCUT2D eigenvalue weighted by molar-refractivity contribution is 6.13. The van der Waals surface area contributed by atoms with E-state index in [2.05, 4.69) is 5.16 Å². The minimum atomic E-state index is 0.392. The fourth-order valence-corrected chi connectivity index (χ4v) is 1.84. The number of piperidine rings is 1. The number of hydrogen-bond acceptors (Lipinski definition) is 4. The van der Waals surface area contributed by atoms with Crippen LogP contribution in [0.3, 0.4) is 0 Å². The van der Waals surface area contributed by atoms with Crippen LogP contribution in [0.15, 0.2) is 10.6 Å². The molecule has 1 saturated heterocycles. The third kappa shape index (κ3) is 1.95. The van der Waals surface area contributed by atoms with Gasteiger partial charge in [0.15, 0.2) is 0 Å². The lowest BCUT2D eigenvalue weighted by Crippen LogP contribution is -2.25. The van der Waals surface area contributed by atoms with Gasteiger partial charge in [-0.1, -0.05) is 5.16 Å². The zero-order chi connectivity index (χ0) is 9.26. The molecule has 0 saturated carbocycles. The highest BCUT2D eigenvalue weighted by Gasteiger charge is 2.21. The van der Waals surface area contributed by atoms with Gasteiger partial charge in [-0.2, -0.15) is 0 Å². The van der Waals surface area contributed by atoms with E-state index in [1.54, 1.807) is 10.5 Å². The van der Waals surface area contributed by atoms with Gasteiger partial charge in [-0.25, -0.2) is 4.42 Å². The molecule has 0 aliphatic carbocycles. The summed E-state index contributed by atoms with van der Waals surface area (Å²) in [5.74, 6) is 0.847. The van der Waals surface area contributed by atoms with Crippen molar-refractivity contribution in [3.63, 3.8) is 0 Å². The maximum absolute atomic E-state index is 5.84. The van der Waals surface area contributed by atoms with Crippen molar-refractivity contribution < 1.29 is 4.52 Å². The highest BCUT2D eigenvalue weighted by Crippen LogP contribution is 2.28. The number of anilines is 1. The van der Waals surface area contributed by atoms with E-state index in [1.807, 2.05) is 0 Å². The second-order valence-corrected chi connectivity index (χ2v) is 3.82. The standard InChI is InChI=1S/C8H12ClN3O/c9-12-3-1-6(2-4-12)7-5-8(10)13-11-7/h5-6H,1-4,10H2. The summed E-state index contributed by atoms with van der Waals surface area (Å²) in [6.07, 6.45) is 2.05. The molecular weight excluding hydrogens is 190 g/mol. The molecule has 0 unspecified atom stereocenters. The maximum atomic E-state index is 5.84. The van der Waals surface area contributed by atoms with Crippen molar-refractivity contribution >= 4 is 17.7 Å². The summed E-state index contributed by atoms with van der Waals surface area (Å²) < 4.78 is 6.63. The Labute approximate surface area is 81.7 Å². The molecule has 4 nitrogen and oxygen atoms in total. The molecule has 0 radical (unpaired) electrons. The van der Waals surface area contributed by atoms with Crippen LogP contribution in [-0.2, 0) is 0 Å². The number of nitrogens with zero attached hydrogens (tertiary/aromatic N) is 2. The van der Waals surface area contributed by atoms with E-state index in [1.165, 1.54) is 0 Å². The number of rotatable bonds is 1. The van der Waals surface area contributed by atoms with E-state index >= 15 is 0 Å². The number of nitrogens with two attached hydrogens (primary N) is 1. The van der Waals surface area contributed by atoms with Crippen molar-refractivity contribution in [2.24, 2.45) is 0 Å². The number of nitrogen functional groups attached to an aromatic ring is 1. The summed E-state index contributed by atoms with van der Waals surface area (Å²) in [7, 11) is 0. The van der Waals surface area contributed by atoms with Crippen molar-refractivity contribution in [2.75, 3.05) is 18.8 Å². The van der Waals surface area contributed by atoms with Crippen LogP contribution in [0.5, 0.6) is 0 Å². The molecule has 1 aliphatic heterocycles. The van der Waals surface area contributed by atoms with Crippen molar-refractivity contribution in [3.05, 3.63) is 11.8 Å². The molecule has 0 aromatic carbocycles. The Morgan fingerprint density at radius 3 is 2.77 bits per heavy atom. The van der Waals surface area contributed by atoms with Crippen LogP contribution in [0.4, 0.5) is 5.88 Å². The minimum absolute atomic E-state index is 0.392. The minimum Gasteiger partial charge on any atom is -0.368 e. The largest absolute Gasteiger partial charge is 0.368 e. The molecule has 0 amide bonds. The van der Waals surface area contributed by atoms with E-state index in [4.69, 9.17) is 22.0 Å². The lowest BCUT2D eigenvalue weighted by molar-refractivity contribution is 0.322. The molecule has 0 bridgehead atoms. The van der Waals surface area contributed by atoms with Crippen LogP contribution < -0.4 is 5.73 Å². The summed E-state index contributed by atoms with van der Waals surface area (Å²) >= 11 is 5.84. The van der Waals surface area contributed by atoms with Gasteiger partial charge in [-0.3, -0.25) is 0 Å². The zero-order valence-corrected chi connectivity index (χ0v) is 8.00. The molecule has 1 aromatic heterocycles. The monoisotopic (exact) mass is 201 g/mol. The molecule has 5 heteroatoms. The van der Waals surface area contributed by atoms with Gasteiger partial charge in [-0.05, 0) is 24.6 Å². The predicted molar refractivity (Wildman–Crippen MR) is 50.3 cm³/mol. The Bertz CT molecular complexity index is 281. The molecule has 1 aliphatic rings. The van der Waals surface area contributed by atoms with Crippen LogP contribution in [0, 0.1) is 0 Å². The van der Waals surface area contributed by atoms with Gasteiger partial charge in [0.05, 0.1) is 5.69 Å². The second kappa shape index (κ2) is 3.55. The van der Waals surface area contributed by atoms with Gasteiger partial charge in [0.2, 0.25) is 5.88 Å². The van der Waals surface area contributed by atoms with E-state index in [0.717, 1.165) is 31.6 Å². The zero-order valence-electron chi connectivity index (χ0n) is 7.24. The van der Waals surface area contributed by atoms with Crippen LogP contribution >= 0.6 is 11.8 Å². The smallest absolute Gasteiger partial charge is 0.222 e. The SMILES string of the molecule is Nc1cc(C2CCN(Cl)CC2)no1. The van der Waals surface area contributed by atoms with Gasteiger partial charge in [-0.15, -0.1) is 0 Å². The first-order valence-electron chi connectivity index (χ1n) is 4.38. The van der Waals surface area contributed by atoms with E-state index < -0.39 is 0 Å². The Balaban J connectivity index is 2.02. The first-order valence-corrected chi connectivity index (χ1v) is 4.72. The first-order chi connectivity index (χ1) is 6.25. The first kappa shape index (κ1) is 8.84. The van der Waals surface area contributed by atoms with Crippen LogP contribution in [0.1, 0.15) is 24.5 Å². The van der Waals surface area contributed by atoms with Gasteiger partial charge < -0.3 is 10.3 Å². The quantitative estimate of drug-likeness (QED) is 0.702. The summed E-state index contributed by atoms with van der Waals surface area (Å²) in [6.45, 7) is 1.80. The molecule has 2 heterocycles. The van der Waals surface area contributed by atoms with Gasteiger partial charge >= 0.3 is 0 Å². The summed E-state index contributed by atoms with van der Waals surface area (Å²) in [6, 6.07) is 1.80. The number of hydrogen-bond donors (Lipinski definition) is 1. The Morgan fingerprint density at radius 1 is 1.54 bits per heavy atom. The third-order valence-corrected chi connectivity index (χ3v) is 2.74. The van der Waals surface area contributed by atoms with Crippen molar-refractivity contribution in [1.29, 1.82) is 0 Å². The molecule has 13 heavy (non-hydrogen) atoms. The molecule has 1 fully saturated rings. The lowest BCUT2D eigenvalue weighted by Gasteiger charge is -2.25. The van der Waals surface area contributed by atoms with Crippen molar-refractivity contribution in [1.82, 2.24) is 9.58 Å². The molecule has 2 rings (SSSR count). The molecular formula is C8H12ClN3O. The topological polar surface area (TPSA) is 55.3 Å². The average molecular weight is 202 g/mol. The van der Waals surface area contributed by atoms with Gasteiger partial charge in [0.25, 0.3) is 0 Å². The maximum Gasteiger partial charge on any atom is 0.222 e. The van der Waals surface area contributed by atoms with E-state index in [0.29, 0.717) is 11.8 Å². The van der Waals surface area contributed by atoms with E-state index in [9.17, 15) is 0 Å². The van der Waals surface area contributed by atoms with Gasteiger partial charge in [0.1, 0.15) is 0 Å². The van der Waals surface area contributed by atoms with Crippen molar-refractivity contribution in [3.8, 4) is 0 Å². The Kier molecular flexibility index (Phi) is 2.42. The molecule has 0 atom stereocenters. The average Bonchev–Trinajstić information content (AvgIpc) is 2.53. The van der Waals surface area contributed by atoms with Crippen LogP contribution in [-0.4, -0.2) is 22.7 Å². The van der Waals surface area contributed by atoms with Crippen molar-refractivity contribution in [2.45, 2.75) is 18.8 Å². The summed E-state index contributed by atoms with van der Waals surface area (Å²) in [5.41, 5.74) is 6.41. The van der Waals surface area contributed by atoms with E-state index in [-0.39, 0.29) is 0 Å². The fourth-order valence-electron chi connectivity index (χ4n) is 1.64. The summed E-state index contributed by atoms with van der Waals surface area (Å²) in [4.78, 5) is 0. The van der Waals surface area contributed by atoms with Crippen LogP contribution in [0.2, 0.25) is 0 Å². The van der Waals surface area contributed by atoms with Gasteiger partial charge in [0, 0.05) is 25.1 Å². The number of aromatic nitrogens is 1. The normalized spacial score (nSPS) is 20.7. The molecule has 72 valence electrons. The fraction of sp³-hybridized carbons (Fsp3) is 0.625. The lowest BCUT2D eigenvalue weighted by atomic mass is 9.95. The van der Waals surface area contributed by atoms with Crippen LogP contribution in [0.25, 0.3) is 0 Å². The number of halogens is 1. The molecule has 1 aromatic rings. The Hall–Kier alpha value is -0.740. The predicted octanol–water partition coefficient (Wildman–Crippen LogP) is 1.59. The third-order valence-electron chi connectivity index (χ3n) is 2.41. The highest BCUT2D eigenvalue weighted by atomic mass is 35.5.